The van der Waals surface area contributed by atoms with Gasteiger partial charge in [-0.2, -0.15) is 4.98 Å². The molecular weight excluding hydrogens is 385 g/mol. The average molecular weight is 404 g/mol. The van der Waals surface area contributed by atoms with Crippen LogP contribution in [0.2, 0.25) is 10.0 Å². The van der Waals surface area contributed by atoms with E-state index in [1.54, 1.807) is 12.4 Å². The second-order valence-corrected chi connectivity index (χ2v) is 7.61. The highest BCUT2D eigenvalue weighted by molar-refractivity contribution is 6.42. The monoisotopic (exact) mass is 403 g/mol. The molecule has 140 valence electrons. The summed E-state index contributed by atoms with van der Waals surface area (Å²) in [5.41, 5.74) is 2.63. The molecule has 0 N–H and O–H groups in total. The number of hydrogen-bond donors (Lipinski definition) is 0. The zero-order valence-corrected chi connectivity index (χ0v) is 16.4. The summed E-state index contributed by atoms with van der Waals surface area (Å²) < 4.78 is 5.39. The van der Waals surface area contributed by atoms with Crippen LogP contribution in [0.5, 0.6) is 0 Å². The smallest absolute Gasteiger partial charge is 0.278 e. The fourth-order valence-corrected chi connectivity index (χ4v) is 3.57. The van der Waals surface area contributed by atoms with Gasteiger partial charge in [-0.3, -0.25) is 9.88 Å². The van der Waals surface area contributed by atoms with Gasteiger partial charge in [0.15, 0.2) is 5.82 Å². The standard InChI is InChI=1S/C19H19Cl2N5O/c1-12-9-23-17(10-22-12)19-24-18(25-27-19)14-4-6-26(7-5-14)11-13-2-3-15(20)16(21)8-13/h2-3,8-10,14H,4-7,11H2,1H3. The molecule has 0 spiro atoms. The van der Waals surface area contributed by atoms with Crippen molar-refractivity contribution in [2.24, 2.45) is 0 Å². The van der Waals surface area contributed by atoms with Crippen molar-refractivity contribution in [3.05, 3.63) is 57.7 Å². The Morgan fingerprint density at radius 3 is 2.63 bits per heavy atom. The second-order valence-electron chi connectivity index (χ2n) is 6.80. The van der Waals surface area contributed by atoms with E-state index in [2.05, 4.69) is 25.0 Å². The van der Waals surface area contributed by atoms with Gasteiger partial charge in [0, 0.05) is 18.7 Å². The van der Waals surface area contributed by atoms with Gasteiger partial charge in [-0.15, -0.1) is 0 Å². The van der Waals surface area contributed by atoms with Gasteiger partial charge in [-0.05, 0) is 50.6 Å². The first-order valence-electron chi connectivity index (χ1n) is 8.87. The largest absolute Gasteiger partial charge is 0.332 e. The van der Waals surface area contributed by atoms with Crippen LogP contribution in [0.4, 0.5) is 0 Å². The van der Waals surface area contributed by atoms with E-state index in [0.717, 1.165) is 44.0 Å². The topological polar surface area (TPSA) is 67.9 Å². The molecule has 1 aromatic carbocycles. The van der Waals surface area contributed by atoms with Crippen molar-refractivity contribution in [1.29, 1.82) is 0 Å². The maximum Gasteiger partial charge on any atom is 0.278 e. The highest BCUT2D eigenvalue weighted by atomic mass is 35.5. The van der Waals surface area contributed by atoms with Gasteiger partial charge in [0.25, 0.3) is 5.89 Å². The minimum Gasteiger partial charge on any atom is -0.332 e. The van der Waals surface area contributed by atoms with Crippen molar-refractivity contribution in [1.82, 2.24) is 25.0 Å². The molecule has 3 aromatic rings. The molecule has 1 saturated heterocycles. The molecule has 1 aliphatic rings. The SMILES string of the molecule is Cc1cnc(-c2nc(C3CCN(Cc4ccc(Cl)c(Cl)c4)CC3)no2)cn1. The van der Waals surface area contributed by atoms with Crippen molar-refractivity contribution in [2.45, 2.75) is 32.2 Å². The number of likely N-dealkylation sites (tertiary alicyclic amines) is 1. The molecule has 0 saturated carbocycles. The fraction of sp³-hybridized carbons (Fsp3) is 0.368. The molecule has 0 radical (unpaired) electrons. The first-order chi connectivity index (χ1) is 13.1. The molecule has 3 heterocycles. The van der Waals surface area contributed by atoms with Crippen LogP contribution < -0.4 is 0 Å². The second kappa shape index (κ2) is 7.92. The number of aryl methyl sites for hydroxylation is 1. The van der Waals surface area contributed by atoms with Crippen LogP contribution in [0, 0.1) is 6.92 Å². The third kappa shape index (κ3) is 4.29. The van der Waals surface area contributed by atoms with Crippen LogP contribution in [-0.4, -0.2) is 38.1 Å². The maximum atomic E-state index is 6.11. The van der Waals surface area contributed by atoms with Crippen LogP contribution in [0.25, 0.3) is 11.6 Å². The van der Waals surface area contributed by atoms with Gasteiger partial charge in [0.05, 0.1) is 21.9 Å². The lowest BCUT2D eigenvalue weighted by Crippen LogP contribution is -2.32. The Hall–Kier alpha value is -2.02. The maximum absolute atomic E-state index is 6.11. The molecule has 0 amide bonds. The van der Waals surface area contributed by atoms with E-state index in [-0.39, 0.29) is 0 Å². The van der Waals surface area contributed by atoms with Gasteiger partial charge in [-0.1, -0.05) is 34.4 Å². The van der Waals surface area contributed by atoms with Crippen molar-refractivity contribution in [2.75, 3.05) is 13.1 Å². The number of aromatic nitrogens is 4. The lowest BCUT2D eigenvalue weighted by Gasteiger charge is -2.30. The van der Waals surface area contributed by atoms with Crippen molar-refractivity contribution in [3.63, 3.8) is 0 Å². The van der Waals surface area contributed by atoms with E-state index in [1.807, 2.05) is 25.1 Å². The van der Waals surface area contributed by atoms with Gasteiger partial charge >= 0.3 is 0 Å². The van der Waals surface area contributed by atoms with E-state index < -0.39 is 0 Å². The number of benzene rings is 1. The number of piperidine rings is 1. The molecule has 8 heteroatoms. The minimum absolute atomic E-state index is 0.297. The Labute approximate surface area is 167 Å². The van der Waals surface area contributed by atoms with Crippen LogP contribution in [0.1, 0.15) is 35.8 Å². The van der Waals surface area contributed by atoms with E-state index in [4.69, 9.17) is 27.7 Å². The van der Waals surface area contributed by atoms with Gasteiger partial charge < -0.3 is 4.52 Å². The molecule has 27 heavy (non-hydrogen) atoms. The summed E-state index contributed by atoms with van der Waals surface area (Å²) in [6, 6.07) is 5.80. The normalized spacial score (nSPS) is 16.0. The number of hydrogen-bond acceptors (Lipinski definition) is 6. The first kappa shape index (κ1) is 18.3. The van der Waals surface area contributed by atoms with Crippen molar-refractivity contribution < 1.29 is 4.52 Å². The summed E-state index contributed by atoms with van der Waals surface area (Å²) in [6.07, 6.45) is 5.33. The number of rotatable bonds is 4. The average Bonchev–Trinajstić information content (AvgIpc) is 3.16. The number of nitrogens with zero attached hydrogens (tertiary/aromatic N) is 5. The van der Waals surface area contributed by atoms with Crippen LogP contribution >= 0.6 is 23.2 Å². The molecule has 1 fully saturated rings. The van der Waals surface area contributed by atoms with Crippen molar-refractivity contribution >= 4 is 23.2 Å². The van der Waals surface area contributed by atoms with Crippen molar-refractivity contribution in [3.8, 4) is 11.6 Å². The van der Waals surface area contributed by atoms with Crippen LogP contribution in [0.3, 0.4) is 0 Å². The highest BCUT2D eigenvalue weighted by Gasteiger charge is 2.25. The lowest BCUT2D eigenvalue weighted by atomic mass is 9.96. The third-order valence-electron chi connectivity index (χ3n) is 4.78. The highest BCUT2D eigenvalue weighted by Crippen LogP contribution is 2.29. The molecule has 0 atom stereocenters. The zero-order chi connectivity index (χ0) is 18.8. The Balaban J connectivity index is 1.36. The molecule has 0 bridgehead atoms. The minimum atomic E-state index is 0.297. The molecule has 0 aliphatic carbocycles. The third-order valence-corrected chi connectivity index (χ3v) is 5.52. The summed E-state index contributed by atoms with van der Waals surface area (Å²) in [5.74, 6) is 1.48. The molecule has 2 aromatic heterocycles. The lowest BCUT2D eigenvalue weighted by molar-refractivity contribution is 0.200. The zero-order valence-electron chi connectivity index (χ0n) is 14.9. The summed E-state index contributed by atoms with van der Waals surface area (Å²) in [6.45, 7) is 4.69. The molecule has 0 unspecified atom stereocenters. The van der Waals surface area contributed by atoms with Gasteiger partial charge in [-0.25, -0.2) is 4.98 Å². The van der Waals surface area contributed by atoms with Gasteiger partial charge in [0.1, 0.15) is 5.69 Å². The van der Waals surface area contributed by atoms with E-state index >= 15 is 0 Å². The molecule has 4 rings (SSSR count). The van der Waals surface area contributed by atoms with Crippen LogP contribution in [-0.2, 0) is 6.54 Å². The molecule has 6 nitrogen and oxygen atoms in total. The predicted octanol–water partition coefficient (Wildman–Crippen LogP) is 4.52. The van der Waals surface area contributed by atoms with E-state index in [0.29, 0.717) is 27.5 Å². The summed E-state index contributed by atoms with van der Waals surface area (Å²) in [5, 5.41) is 5.35. The van der Waals surface area contributed by atoms with Gasteiger partial charge in [0.2, 0.25) is 0 Å². The molecule has 1 aliphatic heterocycles. The van der Waals surface area contributed by atoms with E-state index in [9.17, 15) is 0 Å². The predicted molar refractivity (Wildman–Crippen MR) is 104 cm³/mol. The fourth-order valence-electron chi connectivity index (χ4n) is 3.25. The summed E-state index contributed by atoms with van der Waals surface area (Å²) in [4.78, 5) is 15.5. The Bertz CT molecular complexity index is 920. The summed E-state index contributed by atoms with van der Waals surface area (Å²) in [7, 11) is 0. The van der Waals surface area contributed by atoms with E-state index in [1.165, 1.54) is 5.56 Å². The Morgan fingerprint density at radius 1 is 1.11 bits per heavy atom. The Kier molecular flexibility index (Phi) is 5.38. The quantitative estimate of drug-likeness (QED) is 0.637. The van der Waals surface area contributed by atoms with Crippen LogP contribution in [0.15, 0.2) is 35.1 Å². The number of halogens is 2. The Morgan fingerprint density at radius 2 is 1.93 bits per heavy atom. The summed E-state index contributed by atoms with van der Waals surface area (Å²) >= 11 is 12.1. The molecular formula is C19H19Cl2N5O. The first-order valence-corrected chi connectivity index (χ1v) is 9.63.